The lowest BCUT2D eigenvalue weighted by Gasteiger charge is -2.26. The smallest absolute Gasteiger partial charge is 0.0978 e. The van der Waals surface area contributed by atoms with Crippen LogP contribution in [0.2, 0.25) is 0 Å². The zero-order valence-corrected chi connectivity index (χ0v) is 38.4. The number of para-hydroxylation sites is 2. The zero-order chi connectivity index (χ0) is 46.8. The fraction of sp³-hybridized carbons (Fsp3) is 0. The maximum absolute atomic E-state index is 6.03. The van der Waals surface area contributed by atoms with Crippen molar-refractivity contribution in [3.8, 4) is 78.5 Å². The lowest BCUT2D eigenvalue weighted by molar-refractivity contribution is 1.27. The molecule has 332 valence electrons. The number of hydrogen-bond donors (Lipinski definition) is 2. The highest BCUT2D eigenvalue weighted by Gasteiger charge is 2.31. The Morgan fingerprint density at radius 3 is 1.11 bits per heavy atom. The molecule has 71 heavy (non-hydrogen) atoms. The molecule has 0 spiro atoms. The maximum Gasteiger partial charge on any atom is 0.0978 e. The summed E-state index contributed by atoms with van der Waals surface area (Å²) in [5.74, 6) is 0. The molecule has 8 aromatic carbocycles. The van der Waals surface area contributed by atoms with E-state index in [1.54, 1.807) is 0 Å². The van der Waals surface area contributed by atoms with Crippen molar-refractivity contribution in [3.05, 3.63) is 243 Å². The molecule has 6 heteroatoms. The molecule has 2 N–H and O–H groups in total. The molecule has 0 saturated carbocycles. The van der Waals surface area contributed by atoms with Crippen molar-refractivity contribution in [2.75, 3.05) is 4.90 Å². The standard InChI is InChI=1S/C65H42N6/c1-5-23-41(24-6-1)54-57-45-31-13-15-33-47(45)61(67-57)56(53-39-21-22-40-66-53)62-48-34-16-14-32-46(48)58(68-62)55(42-25-7-2-8-26-42)60-50-36-18-20-38-52(50)64(70-60)65(63-51-37-19-17-35-49(51)59(54)69-63)71(43-27-9-3-10-28-43)44-29-11-4-12-30-44/h1-40,67,70H. The molecular formula is C65H42N6. The van der Waals surface area contributed by atoms with Crippen LogP contribution in [0.3, 0.4) is 0 Å². The number of rotatable bonds is 6. The van der Waals surface area contributed by atoms with Gasteiger partial charge in [-0.1, -0.05) is 200 Å². The third-order valence-corrected chi connectivity index (χ3v) is 14.0. The summed E-state index contributed by atoms with van der Waals surface area (Å²) < 4.78 is 0. The van der Waals surface area contributed by atoms with Gasteiger partial charge in [-0.25, -0.2) is 9.97 Å². The molecule has 0 unspecified atom stereocenters. The van der Waals surface area contributed by atoms with Crippen LogP contribution in [-0.4, -0.2) is 24.9 Å². The molecule has 5 heterocycles. The van der Waals surface area contributed by atoms with E-state index in [0.29, 0.717) is 0 Å². The molecule has 6 nitrogen and oxygen atoms in total. The van der Waals surface area contributed by atoms with Gasteiger partial charge in [0.15, 0.2) is 0 Å². The minimum atomic E-state index is 0.817. The minimum Gasteiger partial charge on any atom is -0.353 e. The third-order valence-electron chi connectivity index (χ3n) is 14.0. The number of benzene rings is 8. The molecular weight excluding hydrogens is 865 g/mol. The van der Waals surface area contributed by atoms with Gasteiger partial charge < -0.3 is 14.9 Å². The van der Waals surface area contributed by atoms with Crippen LogP contribution in [0, 0.1) is 0 Å². The van der Waals surface area contributed by atoms with Gasteiger partial charge >= 0.3 is 0 Å². The third kappa shape index (κ3) is 6.46. The summed E-state index contributed by atoms with van der Waals surface area (Å²) in [6, 6.07) is 83.7. The second-order valence-electron chi connectivity index (χ2n) is 18.0. The Labute approximate surface area is 409 Å². The van der Waals surface area contributed by atoms with E-state index in [9.17, 15) is 0 Å². The van der Waals surface area contributed by atoms with E-state index >= 15 is 0 Å². The predicted octanol–water partition coefficient (Wildman–Crippen LogP) is 17.2. The van der Waals surface area contributed by atoms with E-state index in [2.05, 4.69) is 245 Å². The van der Waals surface area contributed by atoms with Crippen LogP contribution in [0.25, 0.3) is 122 Å². The number of anilines is 3. The normalized spacial score (nSPS) is 11.7. The van der Waals surface area contributed by atoms with Gasteiger partial charge in [0.25, 0.3) is 0 Å². The Balaban J connectivity index is 1.33. The van der Waals surface area contributed by atoms with E-state index in [1.165, 1.54) is 0 Å². The highest BCUT2D eigenvalue weighted by molar-refractivity contribution is 6.21. The number of nitrogens with zero attached hydrogens (tertiary/aromatic N) is 4. The highest BCUT2D eigenvalue weighted by Crippen LogP contribution is 2.53. The second kappa shape index (κ2) is 16.5. The van der Waals surface area contributed by atoms with Crippen LogP contribution in [0.15, 0.2) is 243 Å². The van der Waals surface area contributed by atoms with E-state index in [-0.39, 0.29) is 0 Å². The summed E-state index contributed by atoms with van der Waals surface area (Å²) in [6.45, 7) is 0. The molecule has 8 bridgehead atoms. The fourth-order valence-electron chi connectivity index (χ4n) is 10.9. The van der Waals surface area contributed by atoms with E-state index in [1.807, 2.05) is 12.3 Å². The SMILES string of the molecule is c1ccc(-c2c3nc(c(N(c4ccccc4)c4ccccc4)c4[nH]c(c(-c5ccccc5)c5nc(c(-c6ccccn6)c6[nH]c2c2ccccc62)-c2ccccc2-5)c2ccccc42)-c2ccccc2-3)cc1. The number of hydrogen-bond acceptors (Lipinski definition) is 4. The molecule has 0 amide bonds. The lowest BCUT2D eigenvalue weighted by Crippen LogP contribution is -2.11. The summed E-state index contributed by atoms with van der Waals surface area (Å²) in [4.78, 5) is 27.7. The van der Waals surface area contributed by atoms with Crippen molar-refractivity contribution in [1.29, 1.82) is 0 Å². The van der Waals surface area contributed by atoms with Crippen molar-refractivity contribution in [3.63, 3.8) is 0 Å². The quantitative estimate of drug-likeness (QED) is 0.174. The van der Waals surface area contributed by atoms with Crippen LogP contribution in [-0.2, 0) is 0 Å². The largest absolute Gasteiger partial charge is 0.353 e. The summed E-state index contributed by atoms with van der Waals surface area (Å²) in [6.07, 6.45) is 1.87. The second-order valence-corrected chi connectivity index (χ2v) is 18.0. The van der Waals surface area contributed by atoms with Gasteiger partial charge in [0.2, 0.25) is 0 Å². The van der Waals surface area contributed by atoms with Gasteiger partial charge in [0, 0.05) is 72.5 Å². The first kappa shape index (κ1) is 40.4. The number of aromatic nitrogens is 5. The van der Waals surface area contributed by atoms with Crippen LogP contribution in [0.5, 0.6) is 0 Å². The number of aromatic amines is 2. The minimum absolute atomic E-state index is 0.817. The van der Waals surface area contributed by atoms with E-state index in [0.717, 1.165) is 139 Å². The van der Waals surface area contributed by atoms with Gasteiger partial charge in [0.05, 0.1) is 61.8 Å². The maximum atomic E-state index is 6.03. The van der Waals surface area contributed by atoms with Gasteiger partial charge in [-0.3, -0.25) is 4.98 Å². The number of nitrogens with one attached hydrogen (secondary N) is 2. The van der Waals surface area contributed by atoms with Crippen molar-refractivity contribution < 1.29 is 0 Å². The molecule has 0 atom stereocenters. The van der Waals surface area contributed by atoms with Crippen LogP contribution in [0.4, 0.5) is 17.1 Å². The van der Waals surface area contributed by atoms with E-state index in [4.69, 9.17) is 15.0 Å². The molecule has 0 radical (unpaired) electrons. The monoisotopic (exact) mass is 906 g/mol. The van der Waals surface area contributed by atoms with Crippen molar-refractivity contribution in [2.45, 2.75) is 0 Å². The van der Waals surface area contributed by atoms with Crippen LogP contribution in [0.1, 0.15) is 0 Å². The number of pyridine rings is 1. The molecule has 3 aromatic heterocycles. The first-order chi connectivity index (χ1) is 35.3. The first-order valence-electron chi connectivity index (χ1n) is 24.0. The highest BCUT2D eigenvalue weighted by atomic mass is 15.2. The van der Waals surface area contributed by atoms with E-state index < -0.39 is 0 Å². The van der Waals surface area contributed by atoms with Crippen LogP contribution < -0.4 is 4.90 Å². The van der Waals surface area contributed by atoms with Crippen molar-refractivity contribution in [2.24, 2.45) is 0 Å². The Hall–Kier alpha value is -9.65. The molecule has 14 rings (SSSR count). The molecule has 0 fully saturated rings. The van der Waals surface area contributed by atoms with Crippen LogP contribution >= 0.6 is 0 Å². The summed E-state index contributed by atoms with van der Waals surface area (Å²) in [5.41, 5.74) is 20.1. The van der Waals surface area contributed by atoms with Crippen molar-refractivity contribution in [1.82, 2.24) is 24.9 Å². The van der Waals surface area contributed by atoms with Gasteiger partial charge in [-0.15, -0.1) is 0 Å². The molecule has 11 aromatic rings. The fourth-order valence-corrected chi connectivity index (χ4v) is 10.9. The Morgan fingerprint density at radius 1 is 0.296 bits per heavy atom. The van der Waals surface area contributed by atoms with Gasteiger partial charge in [-0.2, -0.15) is 0 Å². The molecule has 1 aliphatic carbocycles. The average Bonchev–Trinajstić information content (AvgIpc) is 4.22. The van der Waals surface area contributed by atoms with Gasteiger partial charge in [0.1, 0.15) is 0 Å². The summed E-state index contributed by atoms with van der Waals surface area (Å²) in [5, 5.41) is 4.26. The predicted molar refractivity (Wildman–Crippen MR) is 294 cm³/mol. The molecule has 2 aliphatic heterocycles. The van der Waals surface area contributed by atoms with Crippen molar-refractivity contribution >= 4 is 60.7 Å². The summed E-state index contributed by atoms with van der Waals surface area (Å²) in [7, 11) is 0. The topological polar surface area (TPSA) is 73.5 Å². The Bertz CT molecular complexity index is 4130. The molecule has 3 aliphatic rings. The van der Waals surface area contributed by atoms with Gasteiger partial charge in [-0.05, 0) is 47.5 Å². The molecule has 0 saturated heterocycles. The summed E-state index contributed by atoms with van der Waals surface area (Å²) >= 11 is 0. The zero-order valence-electron chi connectivity index (χ0n) is 38.4. The average molecular weight is 907 g/mol. The Morgan fingerprint density at radius 2 is 0.648 bits per heavy atom. The lowest BCUT2D eigenvalue weighted by atomic mass is 9.95. The first-order valence-corrected chi connectivity index (χ1v) is 24.0. The number of H-pyrrole nitrogens is 2. The Kier molecular flexibility index (Phi) is 9.42.